The Morgan fingerprint density at radius 2 is 1.82 bits per heavy atom. The van der Waals surface area contributed by atoms with Gasteiger partial charge in [-0.3, -0.25) is 0 Å². The van der Waals surface area contributed by atoms with E-state index in [1.165, 1.54) is 12.7 Å². The predicted molar refractivity (Wildman–Crippen MR) is 45.9 cm³/mol. The molecule has 0 amide bonds. The minimum Gasteiger partial charge on any atom is -0.790 e. The number of rotatable bonds is 0. The van der Waals surface area contributed by atoms with Crippen LogP contribution in [0.1, 0.15) is 0 Å². The van der Waals surface area contributed by atoms with E-state index in [2.05, 4.69) is 19.9 Å². The third kappa shape index (κ3) is 9.29. The van der Waals surface area contributed by atoms with Crippen molar-refractivity contribution >= 4 is 24.8 Å². The molecule has 0 spiro atoms. The summed E-state index contributed by atoms with van der Waals surface area (Å²) < 4.78 is 8.66. The number of aromatic amines is 1. The van der Waals surface area contributed by atoms with Crippen molar-refractivity contribution in [2.75, 3.05) is 5.73 Å². The van der Waals surface area contributed by atoms with Gasteiger partial charge in [-0.2, -0.15) is 0 Å². The van der Waals surface area contributed by atoms with Crippen LogP contribution in [-0.4, -0.2) is 24.8 Å². The minimum atomic E-state index is -5.14. The summed E-state index contributed by atoms with van der Waals surface area (Å²) in [4.78, 5) is 38.6. The quantitative estimate of drug-likeness (QED) is 0.319. The molecule has 0 aliphatic rings. The van der Waals surface area contributed by atoms with Gasteiger partial charge in [0.05, 0.1) is 14.2 Å². The smallest absolute Gasteiger partial charge is 0.790 e. The number of nitrogens with two attached hydrogens (primary N) is 1. The van der Waals surface area contributed by atoms with E-state index in [0.717, 1.165) is 0 Å². The van der Waals surface area contributed by atoms with Gasteiger partial charge in [0, 0.05) is 0 Å². The zero-order valence-electron chi connectivity index (χ0n) is 9.19. The number of fused-ring (bicyclic) bond motifs is 1. The van der Waals surface area contributed by atoms with Crippen molar-refractivity contribution in [2.45, 2.75) is 0 Å². The molecular formula is C5H6K2N5O4P. The molecule has 12 heteroatoms. The van der Waals surface area contributed by atoms with E-state index in [1.54, 1.807) is 0 Å². The average molecular weight is 309 g/mol. The van der Waals surface area contributed by atoms with Gasteiger partial charge >= 0.3 is 103 Å². The van der Waals surface area contributed by atoms with Crippen LogP contribution in [0, 0.1) is 0 Å². The van der Waals surface area contributed by atoms with E-state index >= 15 is 0 Å². The fourth-order valence-electron chi connectivity index (χ4n) is 0.784. The zero-order chi connectivity index (χ0) is 11.5. The molecule has 2 rings (SSSR count). The summed E-state index contributed by atoms with van der Waals surface area (Å²) in [5.41, 5.74) is 6.78. The summed E-state index contributed by atoms with van der Waals surface area (Å²) >= 11 is 0. The molecule has 82 valence electrons. The summed E-state index contributed by atoms with van der Waals surface area (Å²) in [7, 11) is -5.14. The van der Waals surface area contributed by atoms with Crippen LogP contribution in [-0.2, 0) is 4.57 Å². The zero-order valence-corrected chi connectivity index (χ0v) is 16.3. The molecule has 0 atom stereocenters. The first-order valence-electron chi connectivity index (χ1n) is 3.52. The molecule has 2 heterocycles. The number of phosphoric acid groups is 1. The van der Waals surface area contributed by atoms with Gasteiger partial charge < -0.3 is 30.0 Å². The van der Waals surface area contributed by atoms with Gasteiger partial charge in [0.1, 0.15) is 11.8 Å². The molecule has 0 aliphatic heterocycles. The molecule has 0 aromatic carbocycles. The second-order valence-electron chi connectivity index (χ2n) is 2.33. The molecule has 4 N–H and O–H groups in total. The number of aromatic nitrogens is 4. The Morgan fingerprint density at radius 1 is 1.29 bits per heavy atom. The van der Waals surface area contributed by atoms with Crippen LogP contribution in [0.4, 0.5) is 5.82 Å². The van der Waals surface area contributed by atoms with Crippen LogP contribution in [0.15, 0.2) is 12.7 Å². The van der Waals surface area contributed by atoms with Crippen molar-refractivity contribution in [1.29, 1.82) is 0 Å². The van der Waals surface area contributed by atoms with E-state index in [0.29, 0.717) is 17.0 Å². The normalized spacial score (nSPS) is 9.59. The maximum Gasteiger partial charge on any atom is 1.00 e. The maximum atomic E-state index is 8.66. The van der Waals surface area contributed by atoms with Crippen LogP contribution in [0.3, 0.4) is 0 Å². The Labute approximate surface area is 181 Å². The van der Waals surface area contributed by atoms with E-state index in [1.807, 2.05) is 0 Å². The van der Waals surface area contributed by atoms with Crippen molar-refractivity contribution in [2.24, 2.45) is 0 Å². The number of imidazole rings is 1. The Kier molecular flexibility index (Phi) is 11.9. The van der Waals surface area contributed by atoms with Crippen molar-refractivity contribution in [3.63, 3.8) is 0 Å². The van der Waals surface area contributed by atoms with Gasteiger partial charge in [0.25, 0.3) is 0 Å². The Balaban J connectivity index is 0. The van der Waals surface area contributed by atoms with Crippen molar-refractivity contribution in [3.8, 4) is 0 Å². The number of hydrogen-bond acceptors (Lipinski definition) is 7. The molecule has 9 nitrogen and oxygen atoms in total. The number of nitrogens with zero attached hydrogens (tertiary/aromatic N) is 3. The van der Waals surface area contributed by atoms with Gasteiger partial charge in [0.2, 0.25) is 0 Å². The molecule has 0 fully saturated rings. The number of nitrogen functional groups attached to an aromatic ring is 1. The summed E-state index contributed by atoms with van der Waals surface area (Å²) in [6.45, 7) is 0. The van der Waals surface area contributed by atoms with Gasteiger partial charge in [-0.15, -0.1) is 0 Å². The van der Waals surface area contributed by atoms with E-state index < -0.39 is 7.82 Å². The third-order valence-electron chi connectivity index (χ3n) is 1.25. The van der Waals surface area contributed by atoms with Crippen LogP contribution >= 0.6 is 7.82 Å². The monoisotopic (exact) mass is 309 g/mol. The average Bonchev–Trinajstić information content (AvgIpc) is 2.49. The van der Waals surface area contributed by atoms with Gasteiger partial charge in [0.15, 0.2) is 11.5 Å². The number of anilines is 1. The Bertz CT molecular complexity index is 494. The maximum absolute atomic E-state index is 8.66. The molecule has 0 bridgehead atoms. The molecule has 0 aliphatic carbocycles. The standard InChI is InChI=1S/C5H5N5.2K.H3O4P/c6-4-3-5(9-1-7-3)10-2-8-4;;;1-5(2,3)4/h1-2H,(H3,6,7,8,9,10);;;(H3,1,2,3,4)/q;2*+1;/p-2. The molecule has 17 heavy (non-hydrogen) atoms. The summed E-state index contributed by atoms with van der Waals surface area (Å²) in [6.07, 6.45) is 2.92. The molecule has 0 saturated carbocycles. The number of hydrogen-bond donors (Lipinski definition) is 3. The molecule has 2 aromatic rings. The van der Waals surface area contributed by atoms with Crippen LogP contribution in [0.25, 0.3) is 11.2 Å². The topological polar surface area (TPSA) is 164 Å². The second-order valence-corrected chi connectivity index (χ2v) is 3.27. The summed E-state index contributed by atoms with van der Waals surface area (Å²) in [5.74, 6) is 0.433. The molecule has 0 unspecified atom stereocenters. The van der Waals surface area contributed by atoms with E-state index in [9.17, 15) is 0 Å². The van der Waals surface area contributed by atoms with Gasteiger partial charge in [-0.25, -0.2) is 15.0 Å². The molecule has 0 radical (unpaired) electrons. The molecule has 2 aromatic heterocycles. The largest absolute Gasteiger partial charge is 1.00 e. The summed E-state index contributed by atoms with van der Waals surface area (Å²) in [5, 5.41) is 0. The van der Waals surface area contributed by atoms with Gasteiger partial charge in [-0.05, 0) is 0 Å². The first-order chi connectivity index (χ1) is 6.88. The summed E-state index contributed by atoms with van der Waals surface area (Å²) in [6, 6.07) is 0. The SMILES string of the molecule is Nc1ncnc2nc[nH]c12.O=P([O-])([O-])O.[K+].[K+]. The second kappa shape index (κ2) is 9.61. The third-order valence-corrected chi connectivity index (χ3v) is 1.25. The fraction of sp³-hybridized carbons (Fsp3) is 0. The van der Waals surface area contributed by atoms with Crippen LogP contribution < -0.4 is 118 Å². The van der Waals surface area contributed by atoms with E-state index in [4.69, 9.17) is 25.0 Å². The van der Waals surface area contributed by atoms with Crippen LogP contribution in [0.5, 0.6) is 0 Å². The Hall–Kier alpha value is 1.73. The first kappa shape index (κ1) is 21.0. The van der Waals surface area contributed by atoms with Crippen molar-refractivity contribution < 1.29 is 122 Å². The van der Waals surface area contributed by atoms with Crippen molar-refractivity contribution in [1.82, 2.24) is 19.9 Å². The van der Waals surface area contributed by atoms with Gasteiger partial charge in [-0.1, -0.05) is 0 Å². The first-order valence-corrected chi connectivity index (χ1v) is 5.02. The number of H-pyrrole nitrogens is 1. The minimum absolute atomic E-state index is 0. The number of nitrogens with one attached hydrogen (secondary N) is 1. The van der Waals surface area contributed by atoms with Crippen LogP contribution in [0.2, 0.25) is 0 Å². The van der Waals surface area contributed by atoms with E-state index in [-0.39, 0.29) is 103 Å². The predicted octanol–water partition coefficient (Wildman–Crippen LogP) is -8.25. The fourth-order valence-corrected chi connectivity index (χ4v) is 0.784. The Morgan fingerprint density at radius 3 is 2.29 bits per heavy atom. The molecule has 0 saturated heterocycles. The van der Waals surface area contributed by atoms with Crippen molar-refractivity contribution in [3.05, 3.63) is 12.7 Å². The molecular weight excluding hydrogens is 303 g/mol.